The minimum Gasteiger partial charge on any atom is -1.00 e. The smallest absolute Gasteiger partial charge is 1.00 e. The molecule has 0 amide bonds. The zero-order valence-electron chi connectivity index (χ0n) is 8.20. The van der Waals surface area contributed by atoms with Gasteiger partial charge in [0.25, 0.3) is 0 Å². The molecule has 7 heteroatoms. The Bertz CT molecular complexity index is 91.6. The molecular weight excluding hydrogens is 165 g/mol. The van der Waals surface area contributed by atoms with Gasteiger partial charge in [0.15, 0.2) is 0 Å². The van der Waals surface area contributed by atoms with Gasteiger partial charge in [-0.1, -0.05) is 0 Å². The molecule has 0 spiro atoms. The maximum Gasteiger partial charge on any atom is 1.00 e. The van der Waals surface area contributed by atoms with Crippen LogP contribution in [-0.4, -0.2) is 23.0 Å². The average Bonchev–Trinajstić information content (AvgIpc) is 1.59. The molecule has 0 saturated carbocycles. The van der Waals surface area contributed by atoms with Crippen molar-refractivity contribution in [2.75, 3.05) is 0 Å². The predicted molar refractivity (Wildman–Crippen MR) is 35.7 cm³/mol. The van der Waals surface area contributed by atoms with Crippen LogP contribution in [0.5, 0.6) is 0 Å². The third-order valence-electron chi connectivity index (χ3n) is 0.384. The summed E-state index contributed by atoms with van der Waals surface area (Å²) in [7, 11) is -1.86. The Morgan fingerprint density at radius 1 is 1.27 bits per heavy atom. The van der Waals surface area contributed by atoms with Crippen molar-refractivity contribution in [2.45, 2.75) is 26.4 Å². The Hall–Kier alpha value is 0.835. The van der Waals surface area contributed by atoms with Crippen LogP contribution >= 0.6 is 0 Å². The van der Waals surface area contributed by atoms with Gasteiger partial charge in [0.05, 0.1) is 5.60 Å². The molecule has 0 aliphatic carbocycles. The van der Waals surface area contributed by atoms with Gasteiger partial charge in [0.2, 0.25) is 0 Å². The molecule has 0 aromatic heterocycles. The van der Waals surface area contributed by atoms with E-state index in [2.05, 4.69) is 9.69 Å². The standard InChI is InChI=1S/C4H11BO4.FH.Na.H/c1-4(2,3)8-9-5(6)7;;;/h6-7H,1-3H3;1H;;/q;;+1;-1. The quantitative estimate of drug-likeness (QED) is 0.268. The summed E-state index contributed by atoms with van der Waals surface area (Å²) >= 11 is 0. The second-order valence-corrected chi connectivity index (χ2v) is 2.62. The van der Waals surface area contributed by atoms with Gasteiger partial charge in [-0.2, -0.15) is 0 Å². The normalized spacial score (nSPS) is 9.55. The van der Waals surface area contributed by atoms with Gasteiger partial charge in [-0.05, 0) is 20.8 Å². The van der Waals surface area contributed by atoms with E-state index in [-0.39, 0.29) is 35.7 Å². The maximum absolute atomic E-state index is 8.12. The van der Waals surface area contributed by atoms with Crippen LogP contribution in [0.2, 0.25) is 0 Å². The van der Waals surface area contributed by atoms with E-state index >= 15 is 0 Å². The topological polar surface area (TPSA) is 58.9 Å². The first-order valence-electron chi connectivity index (χ1n) is 2.62. The first-order valence-corrected chi connectivity index (χ1v) is 2.62. The van der Waals surface area contributed by atoms with E-state index in [0.29, 0.717) is 0 Å². The SMILES string of the molecule is CC(C)(C)OOB(O)O.F.[H-].[Na+]. The van der Waals surface area contributed by atoms with Gasteiger partial charge in [0, 0.05) is 0 Å². The Kier molecular flexibility index (Phi) is 12.1. The van der Waals surface area contributed by atoms with Crippen molar-refractivity contribution < 1.29 is 55.4 Å². The summed E-state index contributed by atoms with van der Waals surface area (Å²) in [6.45, 7) is 5.19. The zero-order chi connectivity index (χ0) is 7.49. The van der Waals surface area contributed by atoms with Crippen LogP contribution in [-0.2, 0) is 9.69 Å². The molecule has 0 atom stereocenters. The van der Waals surface area contributed by atoms with Crippen LogP contribution in [0.4, 0.5) is 4.70 Å². The largest absolute Gasteiger partial charge is 1.00 e. The molecule has 0 heterocycles. The Morgan fingerprint density at radius 3 is 1.73 bits per heavy atom. The van der Waals surface area contributed by atoms with Gasteiger partial charge >= 0.3 is 36.9 Å². The molecule has 4 nitrogen and oxygen atoms in total. The molecule has 0 unspecified atom stereocenters. The molecule has 0 aromatic rings. The van der Waals surface area contributed by atoms with Crippen molar-refractivity contribution in [3.8, 4) is 0 Å². The first-order chi connectivity index (χ1) is 3.92. The Morgan fingerprint density at radius 2 is 1.64 bits per heavy atom. The molecule has 0 saturated heterocycles. The van der Waals surface area contributed by atoms with Crippen molar-refractivity contribution in [1.82, 2.24) is 0 Å². The summed E-state index contributed by atoms with van der Waals surface area (Å²) in [6.07, 6.45) is 0. The molecule has 0 aromatic carbocycles. The van der Waals surface area contributed by atoms with E-state index in [1.807, 2.05) is 0 Å². The summed E-state index contributed by atoms with van der Waals surface area (Å²) < 4.78 is 0. The molecular formula is C4H13BFNaO4. The van der Waals surface area contributed by atoms with Crippen LogP contribution < -0.4 is 29.6 Å². The second-order valence-electron chi connectivity index (χ2n) is 2.62. The minimum atomic E-state index is -1.86. The fourth-order valence-electron chi connectivity index (χ4n) is 0.187. The van der Waals surface area contributed by atoms with E-state index in [4.69, 9.17) is 10.0 Å². The van der Waals surface area contributed by atoms with Crippen LogP contribution in [0.1, 0.15) is 22.2 Å². The van der Waals surface area contributed by atoms with Crippen molar-refractivity contribution in [3.63, 3.8) is 0 Å². The minimum absolute atomic E-state index is 0. The molecule has 0 aliphatic heterocycles. The summed E-state index contributed by atoms with van der Waals surface area (Å²) in [5, 5.41) is 16.2. The summed E-state index contributed by atoms with van der Waals surface area (Å²) in [5.74, 6) is 0. The molecule has 0 radical (unpaired) electrons. The molecule has 0 bridgehead atoms. The van der Waals surface area contributed by atoms with Gasteiger partial charge in [0.1, 0.15) is 0 Å². The molecule has 0 aliphatic rings. The number of halogens is 1. The van der Waals surface area contributed by atoms with Crippen LogP contribution in [0, 0.1) is 0 Å². The van der Waals surface area contributed by atoms with E-state index < -0.39 is 12.9 Å². The van der Waals surface area contributed by atoms with Crippen LogP contribution in [0.15, 0.2) is 0 Å². The van der Waals surface area contributed by atoms with E-state index in [1.165, 1.54) is 0 Å². The van der Waals surface area contributed by atoms with Crippen LogP contribution in [0.25, 0.3) is 0 Å². The predicted octanol–water partition coefficient (Wildman–Crippen LogP) is -3.03. The van der Waals surface area contributed by atoms with Gasteiger partial charge in [-0.3, -0.25) is 4.70 Å². The van der Waals surface area contributed by atoms with Crippen molar-refractivity contribution in [3.05, 3.63) is 0 Å². The molecule has 2 N–H and O–H groups in total. The number of rotatable bonds is 2. The number of hydrogen-bond donors (Lipinski definition) is 2. The van der Waals surface area contributed by atoms with Gasteiger partial charge in [-0.15, -0.1) is 0 Å². The molecule has 0 rings (SSSR count). The molecule has 64 valence electrons. The molecule has 0 fully saturated rings. The van der Waals surface area contributed by atoms with E-state index in [1.54, 1.807) is 20.8 Å². The number of hydrogen-bond acceptors (Lipinski definition) is 4. The third kappa shape index (κ3) is 18.1. The van der Waals surface area contributed by atoms with E-state index in [9.17, 15) is 0 Å². The fraction of sp³-hybridized carbons (Fsp3) is 1.00. The zero-order valence-corrected chi connectivity index (χ0v) is 9.20. The fourth-order valence-corrected chi connectivity index (χ4v) is 0.187. The van der Waals surface area contributed by atoms with Crippen molar-refractivity contribution in [2.24, 2.45) is 0 Å². The monoisotopic (exact) mass is 178 g/mol. The first kappa shape index (κ1) is 17.8. The Labute approximate surface area is 89.1 Å². The van der Waals surface area contributed by atoms with Crippen molar-refractivity contribution >= 4 is 7.32 Å². The van der Waals surface area contributed by atoms with Gasteiger partial charge < -0.3 is 11.5 Å². The molecule has 11 heavy (non-hydrogen) atoms. The van der Waals surface area contributed by atoms with Gasteiger partial charge in [-0.25, -0.2) is 9.69 Å². The maximum atomic E-state index is 8.12. The summed E-state index contributed by atoms with van der Waals surface area (Å²) in [5.41, 5.74) is -0.510. The van der Waals surface area contributed by atoms with Crippen LogP contribution in [0.3, 0.4) is 0 Å². The van der Waals surface area contributed by atoms with Crippen molar-refractivity contribution in [1.29, 1.82) is 0 Å². The summed E-state index contributed by atoms with van der Waals surface area (Å²) in [6, 6.07) is 0. The summed E-state index contributed by atoms with van der Waals surface area (Å²) in [4.78, 5) is 8.51. The van der Waals surface area contributed by atoms with E-state index in [0.717, 1.165) is 0 Å². The third-order valence-corrected chi connectivity index (χ3v) is 0.384. The second kappa shape index (κ2) is 7.48. The average molecular weight is 178 g/mol. The Balaban J connectivity index is -0.000000107.